The molecule has 1 N–H and O–H groups in total. The predicted molar refractivity (Wildman–Crippen MR) is 58.2 cm³/mol. The maximum Gasteiger partial charge on any atom is 0.336 e. The first-order chi connectivity index (χ1) is 6.65. The van der Waals surface area contributed by atoms with Crippen molar-refractivity contribution in [1.82, 2.24) is 0 Å². The second-order valence-electron chi connectivity index (χ2n) is 2.59. The SMILES string of the molecule is O=C(O)c1cc(Cl)ccc1C=CCCl. The van der Waals surface area contributed by atoms with E-state index in [1.165, 1.54) is 6.07 Å². The van der Waals surface area contributed by atoms with Crippen LogP contribution in [0.2, 0.25) is 5.02 Å². The van der Waals surface area contributed by atoms with E-state index in [-0.39, 0.29) is 5.56 Å². The van der Waals surface area contributed by atoms with Gasteiger partial charge in [-0.15, -0.1) is 11.6 Å². The van der Waals surface area contributed by atoms with Crippen molar-refractivity contribution in [3.63, 3.8) is 0 Å². The summed E-state index contributed by atoms with van der Waals surface area (Å²) in [6.45, 7) is 0. The van der Waals surface area contributed by atoms with Gasteiger partial charge in [-0.1, -0.05) is 29.8 Å². The molecule has 0 aliphatic heterocycles. The predicted octanol–water partition coefficient (Wildman–Crippen LogP) is 3.29. The van der Waals surface area contributed by atoms with Crippen LogP contribution in [0.4, 0.5) is 0 Å². The first-order valence-corrected chi connectivity index (χ1v) is 4.81. The Hall–Kier alpha value is -0.990. The van der Waals surface area contributed by atoms with Crippen molar-refractivity contribution < 1.29 is 9.90 Å². The third-order valence-electron chi connectivity index (χ3n) is 1.63. The molecule has 0 unspecified atom stereocenters. The molecule has 0 amide bonds. The highest BCUT2D eigenvalue weighted by molar-refractivity contribution is 6.31. The third-order valence-corrected chi connectivity index (χ3v) is 2.05. The van der Waals surface area contributed by atoms with Crippen molar-refractivity contribution in [3.8, 4) is 0 Å². The molecule has 2 nitrogen and oxygen atoms in total. The van der Waals surface area contributed by atoms with Crippen LogP contribution in [0.3, 0.4) is 0 Å². The van der Waals surface area contributed by atoms with Crippen molar-refractivity contribution in [1.29, 1.82) is 0 Å². The van der Waals surface area contributed by atoms with E-state index in [9.17, 15) is 4.79 Å². The number of alkyl halides is 1. The monoisotopic (exact) mass is 230 g/mol. The summed E-state index contributed by atoms with van der Waals surface area (Å²) in [5, 5.41) is 9.27. The molecule has 1 rings (SSSR count). The number of carboxylic acid groups (broad SMARTS) is 1. The molecular weight excluding hydrogens is 223 g/mol. The van der Waals surface area contributed by atoms with Crippen LogP contribution >= 0.6 is 23.2 Å². The minimum atomic E-state index is -0.998. The number of carboxylic acids is 1. The molecule has 0 aliphatic carbocycles. The molecule has 0 aliphatic rings. The molecule has 1 aromatic carbocycles. The quantitative estimate of drug-likeness (QED) is 0.810. The van der Waals surface area contributed by atoms with Crippen LogP contribution in [0.15, 0.2) is 24.3 Å². The Morgan fingerprint density at radius 1 is 1.50 bits per heavy atom. The molecular formula is C10H8Cl2O2. The normalized spacial score (nSPS) is 10.7. The van der Waals surface area contributed by atoms with E-state index in [2.05, 4.69) is 0 Å². The molecule has 14 heavy (non-hydrogen) atoms. The maximum atomic E-state index is 10.8. The van der Waals surface area contributed by atoms with Gasteiger partial charge in [-0.2, -0.15) is 0 Å². The number of benzene rings is 1. The number of rotatable bonds is 3. The van der Waals surface area contributed by atoms with Gasteiger partial charge in [-0.05, 0) is 17.7 Å². The summed E-state index contributed by atoms with van der Waals surface area (Å²) < 4.78 is 0. The lowest BCUT2D eigenvalue weighted by molar-refractivity contribution is 0.0696. The number of halogens is 2. The topological polar surface area (TPSA) is 37.3 Å². The van der Waals surface area contributed by atoms with Crippen LogP contribution in [0, 0.1) is 0 Å². The molecule has 1 aromatic rings. The number of hydrogen-bond donors (Lipinski definition) is 1. The Bertz CT molecular complexity index is 372. The van der Waals surface area contributed by atoms with Gasteiger partial charge in [-0.25, -0.2) is 4.79 Å². The second kappa shape index (κ2) is 5.03. The summed E-state index contributed by atoms with van der Waals surface area (Å²) in [7, 11) is 0. The standard InChI is InChI=1S/C10H8Cl2O2/c11-5-1-2-7-3-4-8(12)6-9(7)10(13)14/h1-4,6H,5H2,(H,13,14). The van der Waals surface area contributed by atoms with Crippen LogP contribution < -0.4 is 0 Å². The summed E-state index contributed by atoms with van der Waals surface area (Å²) in [4.78, 5) is 10.8. The summed E-state index contributed by atoms with van der Waals surface area (Å²) in [6, 6.07) is 4.70. The Morgan fingerprint density at radius 3 is 2.79 bits per heavy atom. The maximum absolute atomic E-state index is 10.8. The molecule has 0 atom stereocenters. The molecule has 0 aromatic heterocycles. The summed E-state index contributed by atoms with van der Waals surface area (Å²) in [5.74, 6) is -0.650. The van der Waals surface area contributed by atoms with Crippen LogP contribution in [0.1, 0.15) is 15.9 Å². The second-order valence-corrected chi connectivity index (χ2v) is 3.34. The lowest BCUT2D eigenvalue weighted by Crippen LogP contribution is -1.99. The fraction of sp³-hybridized carbons (Fsp3) is 0.100. The zero-order chi connectivity index (χ0) is 10.6. The number of aromatic carboxylic acids is 1. The highest BCUT2D eigenvalue weighted by atomic mass is 35.5. The smallest absolute Gasteiger partial charge is 0.336 e. The van der Waals surface area contributed by atoms with Gasteiger partial charge in [0.25, 0.3) is 0 Å². The number of hydrogen-bond acceptors (Lipinski definition) is 1. The van der Waals surface area contributed by atoms with E-state index in [1.54, 1.807) is 24.3 Å². The van der Waals surface area contributed by atoms with Crippen molar-refractivity contribution in [2.75, 3.05) is 5.88 Å². The molecule has 0 heterocycles. The highest BCUT2D eigenvalue weighted by Gasteiger charge is 2.07. The molecule has 0 radical (unpaired) electrons. The van der Waals surface area contributed by atoms with Crippen LogP contribution in [-0.2, 0) is 0 Å². The minimum Gasteiger partial charge on any atom is -0.478 e. The molecule has 0 saturated heterocycles. The molecule has 4 heteroatoms. The molecule has 74 valence electrons. The molecule has 0 spiro atoms. The van der Waals surface area contributed by atoms with E-state index in [0.29, 0.717) is 16.5 Å². The first-order valence-electron chi connectivity index (χ1n) is 3.90. The Balaban J connectivity index is 3.15. The van der Waals surface area contributed by atoms with Gasteiger partial charge in [0, 0.05) is 10.9 Å². The minimum absolute atomic E-state index is 0.180. The van der Waals surface area contributed by atoms with E-state index in [0.717, 1.165) is 0 Å². The van der Waals surface area contributed by atoms with Crippen LogP contribution in [0.5, 0.6) is 0 Å². The lowest BCUT2D eigenvalue weighted by Gasteiger charge is -2.00. The molecule has 0 bridgehead atoms. The fourth-order valence-corrected chi connectivity index (χ4v) is 1.29. The lowest BCUT2D eigenvalue weighted by atomic mass is 10.1. The van der Waals surface area contributed by atoms with Crippen molar-refractivity contribution in [3.05, 3.63) is 40.4 Å². The average molecular weight is 231 g/mol. The fourth-order valence-electron chi connectivity index (χ4n) is 1.03. The van der Waals surface area contributed by atoms with Crippen molar-refractivity contribution >= 4 is 35.2 Å². The van der Waals surface area contributed by atoms with Gasteiger partial charge in [-0.3, -0.25) is 0 Å². The van der Waals surface area contributed by atoms with Gasteiger partial charge in [0.1, 0.15) is 0 Å². The van der Waals surface area contributed by atoms with Crippen LogP contribution in [-0.4, -0.2) is 17.0 Å². The molecule has 0 saturated carbocycles. The summed E-state index contributed by atoms with van der Waals surface area (Å²) >= 11 is 11.1. The summed E-state index contributed by atoms with van der Waals surface area (Å²) in [5.41, 5.74) is 0.779. The summed E-state index contributed by atoms with van der Waals surface area (Å²) in [6.07, 6.45) is 3.34. The largest absolute Gasteiger partial charge is 0.478 e. The van der Waals surface area contributed by atoms with Crippen molar-refractivity contribution in [2.24, 2.45) is 0 Å². The van der Waals surface area contributed by atoms with E-state index < -0.39 is 5.97 Å². The Labute approximate surface area is 91.8 Å². The van der Waals surface area contributed by atoms with Gasteiger partial charge in [0.2, 0.25) is 0 Å². The van der Waals surface area contributed by atoms with E-state index >= 15 is 0 Å². The van der Waals surface area contributed by atoms with Crippen molar-refractivity contribution in [2.45, 2.75) is 0 Å². The zero-order valence-electron chi connectivity index (χ0n) is 7.21. The number of allylic oxidation sites excluding steroid dienone is 1. The van der Waals surface area contributed by atoms with Gasteiger partial charge < -0.3 is 5.11 Å². The molecule has 0 fully saturated rings. The van der Waals surface area contributed by atoms with Crippen LogP contribution in [0.25, 0.3) is 6.08 Å². The zero-order valence-corrected chi connectivity index (χ0v) is 8.72. The highest BCUT2D eigenvalue weighted by Crippen LogP contribution is 2.17. The Kier molecular flexibility index (Phi) is 3.98. The first kappa shape index (κ1) is 11.1. The van der Waals surface area contributed by atoms with E-state index in [4.69, 9.17) is 28.3 Å². The third kappa shape index (κ3) is 2.76. The van der Waals surface area contributed by atoms with Gasteiger partial charge in [0.15, 0.2) is 0 Å². The average Bonchev–Trinajstić information content (AvgIpc) is 2.15. The van der Waals surface area contributed by atoms with E-state index in [1.807, 2.05) is 0 Å². The Morgan fingerprint density at radius 2 is 2.21 bits per heavy atom. The van der Waals surface area contributed by atoms with Gasteiger partial charge >= 0.3 is 5.97 Å². The number of carbonyl (C=O) groups is 1. The van der Waals surface area contributed by atoms with Gasteiger partial charge in [0.05, 0.1) is 5.56 Å².